The monoisotopic (exact) mass is 515 g/mol. The second-order valence-corrected chi connectivity index (χ2v) is 12.1. The molecule has 0 unspecified atom stereocenters. The lowest BCUT2D eigenvalue weighted by molar-refractivity contribution is -0.140. The Labute approximate surface area is 216 Å². The number of hydrogen-bond donors (Lipinski definition) is 1. The summed E-state index contributed by atoms with van der Waals surface area (Å²) in [4.78, 5) is 27.8. The number of anilines is 1. The third-order valence-electron chi connectivity index (χ3n) is 5.93. The van der Waals surface area contributed by atoms with Crippen LogP contribution in [0.15, 0.2) is 54.6 Å². The molecule has 8 heteroatoms. The van der Waals surface area contributed by atoms with Crippen LogP contribution >= 0.6 is 0 Å². The number of nitrogens with one attached hydrogen (secondary N) is 1. The Balaban J connectivity index is 2.12. The van der Waals surface area contributed by atoms with Gasteiger partial charge in [-0.15, -0.1) is 0 Å². The van der Waals surface area contributed by atoms with Crippen LogP contribution in [0.1, 0.15) is 58.6 Å². The highest BCUT2D eigenvalue weighted by Gasteiger charge is 2.28. The topological polar surface area (TPSA) is 86.8 Å². The zero-order valence-corrected chi connectivity index (χ0v) is 23.3. The van der Waals surface area contributed by atoms with E-state index in [4.69, 9.17) is 0 Å². The maximum absolute atomic E-state index is 13.3. The standard InChI is InChI=1S/C28H41N3O4S/c1-7-23-15-17-25(18-16-23)31(36(6,34)35)20-11-14-26(32)30(21-19-24-12-9-8-10-13-24)22(2)27(33)29-28(3,4)5/h8-10,12-13,15-18,22H,7,11,14,19-21H2,1-6H3,(H,29,33)/t22-/m1/s1. The summed E-state index contributed by atoms with van der Waals surface area (Å²) in [5.41, 5.74) is 2.38. The number of carbonyl (C=O) groups is 2. The SMILES string of the molecule is CCc1ccc(N(CCCC(=O)N(CCc2ccccc2)[C@H](C)C(=O)NC(C)(C)C)S(C)(=O)=O)cc1. The van der Waals surface area contributed by atoms with Crippen molar-refractivity contribution >= 4 is 27.5 Å². The van der Waals surface area contributed by atoms with Crippen molar-refractivity contribution < 1.29 is 18.0 Å². The van der Waals surface area contributed by atoms with Gasteiger partial charge in [-0.05, 0) is 70.2 Å². The van der Waals surface area contributed by atoms with Gasteiger partial charge in [-0.2, -0.15) is 0 Å². The summed E-state index contributed by atoms with van der Waals surface area (Å²) < 4.78 is 26.3. The minimum atomic E-state index is -3.51. The van der Waals surface area contributed by atoms with E-state index in [1.54, 1.807) is 24.0 Å². The molecule has 1 N–H and O–H groups in total. The van der Waals surface area contributed by atoms with Crippen LogP contribution in [-0.4, -0.2) is 56.1 Å². The normalized spacial score (nSPS) is 12.6. The molecule has 0 spiro atoms. The van der Waals surface area contributed by atoms with Crippen molar-refractivity contribution in [1.29, 1.82) is 0 Å². The minimum absolute atomic E-state index is 0.140. The second kappa shape index (κ2) is 12.9. The van der Waals surface area contributed by atoms with Crippen LogP contribution in [0.5, 0.6) is 0 Å². The zero-order chi connectivity index (χ0) is 26.9. The molecule has 0 bridgehead atoms. The summed E-state index contributed by atoms with van der Waals surface area (Å²) in [6, 6.07) is 16.6. The molecule has 2 aromatic rings. The van der Waals surface area contributed by atoms with E-state index in [1.165, 1.54) is 10.6 Å². The fourth-order valence-electron chi connectivity index (χ4n) is 3.95. The molecule has 0 aromatic heterocycles. The first-order valence-electron chi connectivity index (χ1n) is 12.5. The molecule has 1 atom stereocenters. The number of sulfonamides is 1. The van der Waals surface area contributed by atoms with E-state index in [2.05, 4.69) is 5.32 Å². The van der Waals surface area contributed by atoms with E-state index in [0.29, 0.717) is 25.1 Å². The predicted octanol–water partition coefficient (Wildman–Crippen LogP) is 4.17. The largest absolute Gasteiger partial charge is 0.350 e. The van der Waals surface area contributed by atoms with Gasteiger partial charge < -0.3 is 10.2 Å². The molecule has 0 aliphatic heterocycles. The van der Waals surface area contributed by atoms with Gasteiger partial charge in [0, 0.05) is 25.0 Å². The average molecular weight is 516 g/mol. The van der Waals surface area contributed by atoms with Gasteiger partial charge in [-0.25, -0.2) is 8.42 Å². The Bertz CT molecular complexity index is 1090. The Hall–Kier alpha value is -2.87. The molecule has 0 fully saturated rings. The lowest BCUT2D eigenvalue weighted by Crippen LogP contribution is -2.53. The molecule has 2 aromatic carbocycles. The van der Waals surface area contributed by atoms with E-state index in [1.807, 2.05) is 70.2 Å². The molecule has 0 saturated carbocycles. The predicted molar refractivity (Wildman–Crippen MR) is 146 cm³/mol. The maximum Gasteiger partial charge on any atom is 0.242 e. The van der Waals surface area contributed by atoms with Crippen molar-refractivity contribution in [1.82, 2.24) is 10.2 Å². The molecule has 0 saturated heterocycles. The van der Waals surface area contributed by atoms with Gasteiger partial charge in [0.15, 0.2) is 0 Å². The summed E-state index contributed by atoms with van der Waals surface area (Å²) >= 11 is 0. The quantitative estimate of drug-likeness (QED) is 0.460. The third kappa shape index (κ3) is 9.30. The van der Waals surface area contributed by atoms with Gasteiger partial charge >= 0.3 is 0 Å². The average Bonchev–Trinajstić information content (AvgIpc) is 2.80. The van der Waals surface area contributed by atoms with Crippen molar-refractivity contribution in [3.8, 4) is 0 Å². The Morgan fingerprint density at radius 3 is 2.08 bits per heavy atom. The maximum atomic E-state index is 13.3. The molecule has 0 aliphatic carbocycles. The number of benzene rings is 2. The van der Waals surface area contributed by atoms with Crippen molar-refractivity contribution in [2.24, 2.45) is 0 Å². The van der Waals surface area contributed by atoms with Gasteiger partial charge in [0.2, 0.25) is 21.8 Å². The van der Waals surface area contributed by atoms with Crippen LogP contribution in [0.2, 0.25) is 0 Å². The molecular weight excluding hydrogens is 474 g/mol. The Morgan fingerprint density at radius 2 is 1.56 bits per heavy atom. The van der Waals surface area contributed by atoms with Crippen LogP contribution in [0.4, 0.5) is 5.69 Å². The van der Waals surface area contributed by atoms with Crippen LogP contribution < -0.4 is 9.62 Å². The summed E-state index contributed by atoms with van der Waals surface area (Å²) in [6.45, 7) is 10.1. The highest BCUT2D eigenvalue weighted by atomic mass is 32.2. The highest BCUT2D eigenvalue weighted by Crippen LogP contribution is 2.20. The molecule has 0 heterocycles. The molecule has 7 nitrogen and oxygen atoms in total. The molecular formula is C28H41N3O4S. The van der Waals surface area contributed by atoms with Gasteiger partial charge in [0.1, 0.15) is 6.04 Å². The van der Waals surface area contributed by atoms with Crippen LogP contribution in [0.3, 0.4) is 0 Å². The van der Waals surface area contributed by atoms with Crippen molar-refractivity contribution in [3.63, 3.8) is 0 Å². The van der Waals surface area contributed by atoms with Gasteiger partial charge in [0.25, 0.3) is 0 Å². The molecule has 2 rings (SSSR count). The number of hydrogen-bond acceptors (Lipinski definition) is 4. The summed E-state index contributed by atoms with van der Waals surface area (Å²) in [7, 11) is -3.51. The van der Waals surface area contributed by atoms with Crippen molar-refractivity contribution in [2.75, 3.05) is 23.7 Å². The van der Waals surface area contributed by atoms with Crippen molar-refractivity contribution in [3.05, 3.63) is 65.7 Å². The molecule has 36 heavy (non-hydrogen) atoms. The van der Waals surface area contributed by atoms with E-state index in [-0.39, 0.29) is 24.8 Å². The molecule has 0 radical (unpaired) electrons. The number of carbonyl (C=O) groups excluding carboxylic acids is 2. The van der Waals surface area contributed by atoms with Gasteiger partial charge in [-0.1, -0.05) is 49.4 Å². The number of aryl methyl sites for hydroxylation is 1. The molecule has 198 valence electrons. The van der Waals surface area contributed by atoms with Crippen LogP contribution in [-0.2, 0) is 32.5 Å². The third-order valence-corrected chi connectivity index (χ3v) is 7.13. The summed E-state index contributed by atoms with van der Waals surface area (Å²) in [5.74, 6) is -0.380. The summed E-state index contributed by atoms with van der Waals surface area (Å²) in [5, 5.41) is 2.96. The van der Waals surface area contributed by atoms with Crippen LogP contribution in [0.25, 0.3) is 0 Å². The number of rotatable bonds is 12. The van der Waals surface area contributed by atoms with E-state index < -0.39 is 21.6 Å². The molecule has 0 aliphatic rings. The van der Waals surface area contributed by atoms with Gasteiger partial charge in [0.05, 0.1) is 11.9 Å². The summed E-state index contributed by atoms with van der Waals surface area (Å²) in [6.07, 6.45) is 3.15. The number of nitrogens with zero attached hydrogens (tertiary/aromatic N) is 2. The fraction of sp³-hybridized carbons (Fsp3) is 0.500. The number of amides is 2. The van der Waals surface area contributed by atoms with Crippen LogP contribution in [0, 0.1) is 0 Å². The molecule has 2 amide bonds. The fourth-order valence-corrected chi connectivity index (χ4v) is 4.91. The Morgan fingerprint density at radius 1 is 0.944 bits per heavy atom. The first-order chi connectivity index (χ1) is 16.8. The Kier molecular flexibility index (Phi) is 10.5. The van der Waals surface area contributed by atoms with Crippen molar-refractivity contribution in [2.45, 2.75) is 71.9 Å². The minimum Gasteiger partial charge on any atom is -0.350 e. The van der Waals surface area contributed by atoms with E-state index >= 15 is 0 Å². The van der Waals surface area contributed by atoms with E-state index in [0.717, 1.165) is 17.5 Å². The lowest BCUT2D eigenvalue weighted by atomic mass is 10.1. The second-order valence-electron chi connectivity index (χ2n) is 10.2. The lowest BCUT2D eigenvalue weighted by Gasteiger charge is -2.32. The first kappa shape index (κ1) is 29.4. The van der Waals surface area contributed by atoms with Gasteiger partial charge in [-0.3, -0.25) is 13.9 Å². The first-order valence-corrected chi connectivity index (χ1v) is 14.4. The highest BCUT2D eigenvalue weighted by molar-refractivity contribution is 7.92. The smallest absolute Gasteiger partial charge is 0.242 e. The van der Waals surface area contributed by atoms with E-state index in [9.17, 15) is 18.0 Å². The zero-order valence-electron chi connectivity index (χ0n) is 22.5.